The van der Waals surface area contributed by atoms with Crippen LogP contribution in [0.3, 0.4) is 0 Å². The maximum atomic E-state index is 5.88. The molecule has 3 nitrogen and oxygen atoms in total. The molecule has 4 rings (SSSR count). The number of aromatic amines is 1. The number of pyridine rings is 1. The van der Waals surface area contributed by atoms with E-state index in [-0.39, 0.29) is 0 Å². The number of rotatable bonds is 2. The lowest BCUT2D eigenvalue weighted by Crippen LogP contribution is -1.87. The molecule has 0 amide bonds. The van der Waals surface area contributed by atoms with E-state index in [2.05, 4.69) is 28.2 Å². The van der Waals surface area contributed by atoms with Gasteiger partial charge in [-0.05, 0) is 18.2 Å². The predicted octanol–water partition coefficient (Wildman–Crippen LogP) is 4.51. The molecule has 0 aliphatic carbocycles. The first kappa shape index (κ1) is 11.1. The quantitative estimate of drug-likeness (QED) is 0.576. The largest absolute Gasteiger partial charge is 0.437 e. The van der Waals surface area contributed by atoms with Crippen molar-refractivity contribution in [3.8, 4) is 11.6 Å². The third kappa shape index (κ3) is 1.72. The molecule has 0 aliphatic rings. The third-order valence-electron chi connectivity index (χ3n) is 3.36. The molecule has 0 atom stereocenters. The van der Waals surface area contributed by atoms with E-state index in [1.54, 1.807) is 6.20 Å². The number of aromatic nitrogens is 2. The molecule has 0 spiro atoms. The monoisotopic (exact) mass is 260 g/mol. The number of para-hydroxylation sites is 2. The summed E-state index contributed by atoms with van der Waals surface area (Å²) in [5.41, 5.74) is 2.11. The smallest absolute Gasteiger partial charge is 0.219 e. The minimum atomic E-state index is 0.596. The Balaban J connectivity index is 1.91. The second-order valence-electron chi connectivity index (χ2n) is 4.62. The summed E-state index contributed by atoms with van der Waals surface area (Å²) in [6, 6.07) is 19.9. The molecule has 3 heteroatoms. The molecule has 0 fully saturated rings. The second kappa shape index (κ2) is 4.38. The summed E-state index contributed by atoms with van der Waals surface area (Å²) in [5, 5.41) is 2.36. The Kier molecular flexibility index (Phi) is 2.42. The molecule has 20 heavy (non-hydrogen) atoms. The third-order valence-corrected chi connectivity index (χ3v) is 3.36. The molecular weight excluding hydrogens is 248 g/mol. The van der Waals surface area contributed by atoms with Gasteiger partial charge in [0.1, 0.15) is 0 Å². The topological polar surface area (TPSA) is 37.9 Å². The van der Waals surface area contributed by atoms with Crippen LogP contribution in [0.15, 0.2) is 66.9 Å². The molecule has 2 aromatic heterocycles. The van der Waals surface area contributed by atoms with E-state index in [1.807, 2.05) is 42.5 Å². The summed E-state index contributed by atoms with van der Waals surface area (Å²) in [7, 11) is 0. The summed E-state index contributed by atoms with van der Waals surface area (Å²) in [5.74, 6) is 1.39. The van der Waals surface area contributed by atoms with Gasteiger partial charge in [-0.2, -0.15) is 0 Å². The van der Waals surface area contributed by atoms with Crippen LogP contribution >= 0.6 is 0 Å². The maximum absolute atomic E-state index is 5.88. The number of H-pyrrole nitrogens is 1. The number of benzene rings is 2. The first-order valence-corrected chi connectivity index (χ1v) is 6.50. The van der Waals surface area contributed by atoms with E-state index < -0.39 is 0 Å². The van der Waals surface area contributed by atoms with Crippen molar-refractivity contribution >= 4 is 21.8 Å². The molecule has 2 heterocycles. The molecule has 2 aromatic carbocycles. The van der Waals surface area contributed by atoms with E-state index in [4.69, 9.17) is 4.74 Å². The van der Waals surface area contributed by atoms with Crippen LogP contribution in [-0.4, -0.2) is 9.97 Å². The molecule has 96 valence electrons. The second-order valence-corrected chi connectivity index (χ2v) is 4.62. The summed E-state index contributed by atoms with van der Waals surface area (Å²) in [6.45, 7) is 0. The minimum Gasteiger partial charge on any atom is -0.437 e. The van der Waals surface area contributed by atoms with Crippen molar-refractivity contribution in [2.75, 3.05) is 0 Å². The van der Waals surface area contributed by atoms with Crippen LogP contribution in [0.1, 0.15) is 0 Å². The summed E-state index contributed by atoms with van der Waals surface area (Å²) < 4.78 is 5.88. The zero-order valence-electron chi connectivity index (χ0n) is 10.7. The Morgan fingerprint density at radius 1 is 0.800 bits per heavy atom. The number of nitrogens with zero attached hydrogens (tertiary/aromatic N) is 1. The van der Waals surface area contributed by atoms with Crippen LogP contribution < -0.4 is 4.74 Å². The molecule has 1 N–H and O–H groups in total. The normalized spacial score (nSPS) is 11.0. The van der Waals surface area contributed by atoms with Crippen LogP contribution in [0.5, 0.6) is 11.6 Å². The molecular formula is C17H12N2O. The summed E-state index contributed by atoms with van der Waals surface area (Å²) in [4.78, 5) is 7.61. The summed E-state index contributed by atoms with van der Waals surface area (Å²) in [6.07, 6.45) is 1.72. The van der Waals surface area contributed by atoms with Gasteiger partial charge in [0, 0.05) is 28.6 Å². The molecule has 0 saturated carbocycles. The zero-order valence-corrected chi connectivity index (χ0v) is 10.7. The van der Waals surface area contributed by atoms with Crippen LogP contribution in [0.2, 0.25) is 0 Å². The average molecular weight is 260 g/mol. The Morgan fingerprint density at radius 2 is 1.65 bits per heavy atom. The van der Waals surface area contributed by atoms with Gasteiger partial charge in [-0.1, -0.05) is 36.4 Å². The lowest BCUT2D eigenvalue weighted by atomic mass is 10.1. The summed E-state index contributed by atoms with van der Waals surface area (Å²) >= 11 is 0. The number of hydrogen-bond donors (Lipinski definition) is 1. The number of nitrogens with one attached hydrogen (secondary N) is 1. The highest BCUT2D eigenvalue weighted by molar-refractivity contribution is 6.09. The predicted molar refractivity (Wildman–Crippen MR) is 80.1 cm³/mol. The van der Waals surface area contributed by atoms with Crippen molar-refractivity contribution in [1.29, 1.82) is 0 Å². The van der Waals surface area contributed by atoms with Gasteiger partial charge in [0.15, 0.2) is 5.75 Å². The highest BCUT2D eigenvalue weighted by Gasteiger charge is 2.09. The fourth-order valence-electron chi connectivity index (χ4n) is 2.45. The fraction of sp³-hybridized carbons (Fsp3) is 0. The van der Waals surface area contributed by atoms with Gasteiger partial charge in [0.2, 0.25) is 5.88 Å². The maximum Gasteiger partial charge on any atom is 0.219 e. The Bertz CT molecular complexity index is 881. The number of hydrogen-bond acceptors (Lipinski definition) is 2. The van der Waals surface area contributed by atoms with E-state index in [9.17, 15) is 0 Å². The van der Waals surface area contributed by atoms with Crippen molar-refractivity contribution < 1.29 is 4.74 Å². The van der Waals surface area contributed by atoms with E-state index in [1.165, 1.54) is 5.39 Å². The standard InChI is InChI=1S/C17H12N2O/c1-2-8-14-12(6-1)13-7-5-9-15(17(13)19-14)20-16-10-3-4-11-18-16/h1-11,19H. The van der Waals surface area contributed by atoms with Gasteiger partial charge in [0.25, 0.3) is 0 Å². The van der Waals surface area contributed by atoms with Crippen LogP contribution in [0.4, 0.5) is 0 Å². The lowest BCUT2D eigenvalue weighted by molar-refractivity contribution is 0.467. The van der Waals surface area contributed by atoms with E-state index >= 15 is 0 Å². The molecule has 0 unspecified atom stereocenters. The SMILES string of the molecule is c1ccc(Oc2cccc3c2[nH]c2ccccc23)nc1. The average Bonchev–Trinajstić information content (AvgIpc) is 2.88. The highest BCUT2D eigenvalue weighted by atomic mass is 16.5. The van der Waals surface area contributed by atoms with E-state index in [0.29, 0.717) is 5.88 Å². The molecule has 4 aromatic rings. The van der Waals surface area contributed by atoms with E-state index in [0.717, 1.165) is 22.2 Å². The number of ether oxygens (including phenoxy) is 1. The van der Waals surface area contributed by atoms with Gasteiger partial charge >= 0.3 is 0 Å². The van der Waals surface area contributed by atoms with Gasteiger partial charge in [-0.3, -0.25) is 0 Å². The van der Waals surface area contributed by atoms with Crippen molar-refractivity contribution in [3.05, 3.63) is 66.9 Å². The number of fused-ring (bicyclic) bond motifs is 3. The Morgan fingerprint density at radius 3 is 2.55 bits per heavy atom. The first-order chi connectivity index (χ1) is 9.92. The highest BCUT2D eigenvalue weighted by Crippen LogP contribution is 2.33. The van der Waals surface area contributed by atoms with Crippen LogP contribution in [-0.2, 0) is 0 Å². The molecule has 0 bridgehead atoms. The van der Waals surface area contributed by atoms with Gasteiger partial charge in [0.05, 0.1) is 5.52 Å². The first-order valence-electron chi connectivity index (χ1n) is 6.50. The Hall–Kier alpha value is -2.81. The van der Waals surface area contributed by atoms with Crippen molar-refractivity contribution in [2.24, 2.45) is 0 Å². The van der Waals surface area contributed by atoms with Crippen molar-refractivity contribution in [2.45, 2.75) is 0 Å². The molecule has 0 radical (unpaired) electrons. The van der Waals surface area contributed by atoms with Crippen LogP contribution in [0, 0.1) is 0 Å². The van der Waals surface area contributed by atoms with Crippen molar-refractivity contribution in [1.82, 2.24) is 9.97 Å². The van der Waals surface area contributed by atoms with Gasteiger partial charge in [-0.15, -0.1) is 0 Å². The Labute approximate surface area is 115 Å². The van der Waals surface area contributed by atoms with Crippen molar-refractivity contribution in [3.63, 3.8) is 0 Å². The lowest BCUT2D eigenvalue weighted by Gasteiger charge is -2.05. The van der Waals surface area contributed by atoms with Gasteiger partial charge < -0.3 is 9.72 Å². The van der Waals surface area contributed by atoms with Crippen LogP contribution in [0.25, 0.3) is 21.8 Å². The molecule has 0 aliphatic heterocycles. The molecule has 0 saturated heterocycles. The van der Waals surface area contributed by atoms with Gasteiger partial charge in [-0.25, -0.2) is 4.98 Å². The zero-order chi connectivity index (χ0) is 13.4. The fourth-order valence-corrected chi connectivity index (χ4v) is 2.45. The minimum absolute atomic E-state index is 0.596.